The van der Waals surface area contributed by atoms with Gasteiger partial charge in [-0.2, -0.15) is 0 Å². The van der Waals surface area contributed by atoms with Gasteiger partial charge in [-0.25, -0.2) is 9.97 Å². The van der Waals surface area contributed by atoms with Gasteiger partial charge in [-0.15, -0.1) is 0 Å². The van der Waals surface area contributed by atoms with Crippen molar-refractivity contribution < 1.29 is 0 Å². The van der Waals surface area contributed by atoms with E-state index >= 15 is 0 Å². The average Bonchev–Trinajstić information content (AvgIpc) is 3.26. The summed E-state index contributed by atoms with van der Waals surface area (Å²) in [6.45, 7) is 6.32. The van der Waals surface area contributed by atoms with E-state index in [2.05, 4.69) is 33.2 Å². The number of rotatable bonds is 7. The van der Waals surface area contributed by atoms with E-state index in [4.69, 9.17) is 0 Å². The molecular weight excluding hydrogens is 236 g/mol. The van der Waals surface area contributed by atoms with Gasteiger partial charge in [0, 0.05) is 25.2 Å². The number of nitrogens with one attached hydrogen (secondary N) is 1. The monoisotopic (exact) mass is 260 g/mol. The molecule has 1 N–H and O–H groups in total. The van der Waals surface area contributed by atoms with Crippen LogP contribution in [0.2, 0.25) is 0 Å². The molecule has 0 saturated heterocycles. The van der Waals surface area contributed by atoms with Gasteiger partial charge in [-0.3, -0.25) is 0 Å². The zero-order chi connectivity index (χ0) is 13.2. The van der Waals surface area contributed by atoms with Crippen LogP contribution in [0.3, 0.4) is 0 Å². The predicted molar refractivity (Wildman–Crippen MR) is 78.6 cm³/mol. The predicted octanol–water partition coefficient (Wildman–Crippen LogP) is 2.99. The van der Waals surface area contributed by atoms with E-state index in [1.807, 2.05) is 6.92 Å². The third kappa shape index (κ3) is 3.37. The van der Waals surface area contributed by atoms with E-state index in [1.54, 1.807) is 0 Å². The molecule has 2 aliphatic carbocycles. The minimum absolute atomic E-state index is 0.730. The topological polar surface area (TPSA) is 41.0 Å². The van der Waals surface area contributed by atoms with Crippen molar-refractivity contribution in [2.45, 2.75) is 52.0 Å². The number of aryl methyl sites for hydroxylation is 1. The third-order valence-electron chi connectivity index (χ3n) is 3.81. The van der Waals surface area contributed by atoms with Gasteiger partial charge >= 0.3 is 0 Å². The van der Waals surface area contributed by atoms with Gasteiger partial charge in [0.25, 0.3) is 0 Å². The summed E-state index contributed by atoms with van der Waals surface area (Å²) in [7, 11) is 0. The lowest BCUT2D eigenvalue weighted by Crippen LogP contribution is -2.29. The Kier molecular flexibility index (Phi) is 3.58. The fourth-order valence-electron chi connectivity index (χ4n) is 2.44. The van der Waals surface area contributed by atoms with Crippen LogP contribution in [-0.2, 0) is 0 Å². The van der Waals surface area contributed by atoms with Crippen LogP contribution in [0.15, 0.2) is 6.07 Å². The van der Waals surface area contributed by atoms with Gasteiger partial charge in [-0.05, 0) is 44.9 Å². The molecule has 1 aromatic rings. The summed E-state index contributed by atoms with van der Waals surface area (Å²) in [6, 6.07) is 2.86. The van der Waals surface area contributed by atoms with Crippen LogP contribution < -0.4 is 10.2 Å². The van der Waals surface area contributed by atoms with Crippen molar-refractivity contribution in [2.75, 3.05) is 23.3 Å². The number of anilines is 2. The van der Waals surface area contributed by atoms with E-state index in [1.165, 1.54) is 32.2 Å². The third-order valence-corrected chi connectivity index (χ3v) is 3.81. The van der Waals surface area contributed by atoms with Crippen molar-refractivity contribution in [1.82, 2.24) is 9.97 Å². The SMILES string of the molecule is CCCNc1cc(N(CC2CC2)C2CC2)nc(C)n1. The fraction of sp³-hybridized carbons (Fsp3) is 0.733. The normalized spacial score (nSPS) is 18.4. The Balaban J connectivity index is 1.77. The molecule has 0 unspecified atom stereocenters. The molecule has 104 valence electrons. The Hall–Kier alpha value is -1.32. The lowest BCUT2D eigenvalue weighted by Gasteiger charge is -2.24. The molecule has 4 heteroatoms. The van der Waals surface area contributed by atoms with Crippen molar-refractivity contribution in [1.29, 1.82) is 0 Å². The largest absolute Gasteiger partial charge is 0.370 e. The Morgan fingerprint density at radius 3 is 2.68 bits per heavy atom. The van der Waals surface area contributed by atoms with E-state index in [9.17, 15) is 0 Å². The van der Waals surface area contributed by atoms with Crippen LogP contribution in [0, 0.1) is 12.8 Å². The van der Waals surface area contributed by atoms with Crippen LogP contribution in [0.5, 0.6) is 0 Å². The summed E-state index contributed by atoms with van der Waals surface area (Å²) >= 11 is 0. The molecule has 0 spiro atoms. The molecule has 0 radical (unpaired) electrons. The average molecular weight is 260 g/mol. The molecule has 2 fully saturated rings. The van der Waals surface area contributed by atoms with Gasteiger partial charge in [0.05, 0.1) is 0 Å². The molecule has 19 heavy (non-hydrogen) atoms. The molecule has 2 saturated carbocycles. The standard InChI is InChI=1S/C15H24N4/c1-3-8-16-14-9-15(18-11(2)17-14)19(13-6-7-13)10-12-4-5-12/h9,12-13H,3-8,10H2,1-2H3,(H,16,17,18). The van der Waals surface area contributed by atoms with E-state index in [-0.39, 0.29) is 0 Å². The second-order valence-electron chi connectivity index (χ2n) is 5.91. The van der Waals surface area contributed by atoms with Gasteiger partial charge in [0.15, 0.2) is 0 Å². The van der Waals surface area contributed by atoms with Crippen LogP contribution in [0.25, 0.3) is 0 Å². The maximum absolute atomic E-state index is 4.66. The van der Waals surface area contributed by atoms with Crippen LogP contribution >= 0.6 is 0 Å². The highest BCUT2D eigenvalue weighted by Gasteiger charge is 2.34. The molecule has 0 aliphatic heterocycles. The molecule has 0 amide bonds. The lowest BCUT2D eigenvalue weighted by molar-refractivity contribution is 0.705. The Labute approximate surface area is 115 Å². The van der Waals surface area contributed by atoms with Gasteiger partial charge in [0.2, 0.25) is 0 Å². The molecule has 4 nitrogen and oxygen atoms in total. The molecule has 0 atom stereocenters. The van der Waals surface area contributed by atoms with E-state index in [0.717, 1.165) is 42.4 Å². The maximum Gasteiger partial charge on any atom is 0.134 e. The Morgan fingerprint density at radius 1 is 1.26 bits per heavy atom. The summed E-state index contributed by atoms with van der Waals surface area (Å²) in [4.78, 5) is 11.7. The first kappa shape index (κ1) is 12.7. The number of nitrogens with zero attached hydrogens (tertiary/aromatic N) is 3. The highest BCUT2D eigenvalue weighted by atomic mass is 15.2. The van der Waals surface area contributed by atoms with Crippen LogP contribution in [0.4, 0.5) is 11.6 Å². The summed E-state index contributed by atoms with van der Waals surface area (Å²) in [5.41, 5.74) is 0. The molecular formula is C15H24N4. The second-order valence-corrected chi connectivity index (χ2v) is 5.91. The smallest absolute Gasteiger partial charge is 0.134 e. The molecule has 0 bridgehead atoms. The van der Waals surface area contributed by atoms with Crippen molar-refractivity contribution in [3.8, 4) is 0 Å². The van der Waals surface area contributed by atoms with Crippen molar-refractivity contribution in [3.63, 3.8) is 0 Å². The number of aromatic nitrogens is 2. The zero-order valence-corrected chi connectivity index (χ0v) is 12.0. The highest BCUT2D eigenvalue weighted by molar-refractivity contribution is 5.51. The molecule has 2 aliphatic rings. The first-order valence-corrected chi connectivity index (χ1v) is 7.62. The zero-order valence-electron chi connectivity index (χ0n) is 12.0. The first-order chi connectivity index (χ1) is 9.26. The van der Waals surface area contributed by atoms with Crippen LogP contribution in [0.1, 0.15) is 44.9 Å². The minimum atomic E-state index is 0.730. The van der Waals surface area contributed by atoms with Gasteiger partial charge < -0.3 is 10.2 Å². The van der Waals surface area contributed by atoms with Gasteiger partial charge in [0.1, 0.15) is 17.5 Å². The summed E-state index contributed by atoms with van der Waals surface area (Å²) in [5.74, 6) is 3.88. The van der Waals surface area contributed by atoms with Crippen molar-refractivity contribution in [3.05, 3.63) is 11.9 Å². The quantitative estimate of drug-likeness (QED) is 0.818. The highest BCUT2D eigenvalue weighted by Crippen LogP contribution is 2.37. The number of hydrogen-bond donors (Lipinski definition) is 1. The summed E-state index contributed by atoms with van der Waals surface area (Å²) in [6.07, 6.45) is 6.57. The molecule has 0 aromatic carbocycles. The van der Waals surface area contributed by atoms with E-state index < -0.39 is 0 Å². The van der Waals surface area contributed by atoms with Crippen molar-refractivity contribution in [2.24, 2.45) is 5.92 Å². The molecule has 1 aromatic heterocycles. The summed E-state index contributed by atoms with van der Waals surface area (Å²) < 4.78 is 0. The first-order valence-electron chi connectivity index (χ1n) is 7.62. The molecule has 1 heterocycles. The number of hydrogen-bond acceptors (Lipinski definition) is 4. The van der Waals surface area contributed by atoms with Gasteiger partial charge in [-0.1, -0.05) is 6.92 Å². The van der Waals surface area contributed by atoms with Crippen molar-refractivity contribution >= 4 is 11.6 Å². The lowest BCUT2D eigenvalue weighted by atomic mass is 10.3. The van der Waals surface area contributed by atoms with E-state index in [0.29, 0.717) is 0 Å². The Bertz CT molecular complexity index is 438. The summed E-state index contributed by atoms with van der Waals surface area (Å²) in [5, 5.41) is 3.38. The molecule has 3 rings (SSSR count). The fourth-order valence-corrected chi connectivity index (χ4v) is 2.44. The minimum Gasteiger partial charge on any atom is -0.370 e. The maximum atomic E-state index is 4.66. The van der Waals surface area contributed by atoms with Crippen LogP contribution in [-0.4, -0.2) is 29.1 Å². The second kappa shape index (κ2) is 5.35. The Morgan fingerprint density at radius 2 is 2.05 bits per heavy atom.